The molecule has 6 heteroatoms. The molecular weight excluding hydrogens is 377 g/mol. The number of nitrogens with zero attached hydrogens (tertiary/aromatic N) is 2. The maximum atomic E-state index is 12.9. The molecule has 1 aliphatic rings. The van der Waals surface area contributed by atoms with Crippen molar-refractivity contribution in [2.24, 2.45) is 0 Å². The lowest BCUT2D eigenvalue weighted by Gasteiger charge is -2.34. The first kappa shape index (κ1) is 22.2. The van der Waals surface area contributed by atoms with E-state index in [9.17, 15) is 9.18 Å². The molecule has 0 bridgehead atoms. The molecule has 2 aromatic rings. The Morgan fingerprint density at radius 2 is 1.57 bits per heavy atom. The molecule has 1 N–H and O–H groups in total. The minimum absolute atomic E-state index is 0. The molecule has 1 saturated heterocycles. The highest BCUT2D eigenvalue weighted by atomic mass is 35.5. The fourth-order valence-corrected chi connectivity index (χ4v) is 3.38. The lowest BCUT2D eigenvalue weighted by atomic mass is 10.1. The Morgan fingerprint density at radius 1 is 0.893 bits per heavy atom. The Kier molecular flexibility index (Phi) is 9.24. The van der Waals surface area contributed by atoms with Gasteiger partial charge in [-0.2, -0.15) is 0 Å². The molecule has 152 valence electrons. The van der Waals surface area contributed by atoms with Gasteiger partial charge in [-0.25, -0.2) is 9.18 Å². The molecule has 0 aromatic heterocycles. The van der Waals surface area contributed by atoms with E-state index in [0.29, 0.717) is 6.54 Å². The van der Waals surface area contributed by atoms with Crippen LogP contribution in [-0.4, -0.2) is 48.6 Å². The summed E-state index contributed by atoms with van der Waals surface area (Å²) < 4.78 is 12.9. The zero-order chi connectivity index (χ0) is 18.9. The third-order valence-electron chi connectivity index (χ3n) is 5.05. The van der Waals surface area contributed by atoms with Gasteiger partial charge in [0.1, 0.15) is 5.82 Å². The number of nitrogens with one attached hydrogen (secondary N) is 1. The summed E-state index contributed by atoms with van der Waals surface area (Å²) in [7, 11) is 0. The Balaban J connectivity index is 0.00000280. The number of halogens is 2. The van der Waals surface area contributed by atoms with Gasteiger partial charge in [0.25, 0.3) is 0 Å². The highest BCUT2D eigenvalue weighted by Gasteiger charge is 2.20. The minimum Gasteiger partial charge on any atom is -0.334 e. The fraction of sp³-hybridized carbons (Fsp3) is 0.409. The third-order valence-corrected chi connectivity index (χ3v) is 5.05. The Hall–Kier alpha value is -2.11. The van der Waals surface area contributed by atoms with Crippen molar-refractivity contribution >= 4 is 18.4 Å². The summed E-state index contributed by atoms with van der Waals surface area (Å²) in [5.41, 5.74) is 2.31. The summed E-state index contributed by atoms with van der Waals surface area (Å²) in [6.07, 6.45) is 3.21. The maximum Gasteiger partial charge on any atom is 0.317 e. The van der Waals surface area contributed by atoms with Crippen molar-refractivity contribution < 1.29 is 9.18 Å². The van der Waals surface area contributed by atoms with Crippen LogP contribution in [0, 0.1) is 5.82 Å². The summed E-state index contributed by atoms with van der Waals surface area (Å²) in [6.45, 7) is 5.03. The largest absolute Gasteiger partial charge is 0.334 e. The Labute approximate surface area is 173 Å². The van der Waals surface area contributed by atoms with E-state index in [4.69, 9.17) is 0 Å². The lowest BCUT2D eigenvalue weighted by Crippen LogP contribution is -2.51. The molecule has 2 amide bonds. The zero-order valence-corrected chi connectivity index (χ0v) is 17.0. The average molecular weight is 406 g/mol. The minimum atomic E-state index is -0.176. The number of urea groups is 1. The first-order valence-corrected chi connectivity index (χ1v) is 9.74. The second kappa shape index (κ2) is 11.7. The van der Waals surface area contributed by atoms with Crippen molar-refractivity contribution in [2.45, 2.75) is 25.8 Å². The van der Waals surface area contributed by atoms with Gasteiger partial charge in [0, 0.05) is 32.7 Å². The summed E-state index contributed by atoms with van der Waals surface area (Å²) in [6, 6.07) is 16.8. The normalized spacial score (nSPS) is 14.4. The van der Waals surface area contributed by atoms with Crippen molar-refractivity contribution in [2.75, 3.05) is 32.7 Å². The molecule has 28 heavy (non-hydrogen) atoms. The molecule has 1 aliphatic heterocycles. The molecule has 1 fully saturated rings. The summed E-state index contributed by atoms with van der Waals surface area (Å²) in [5, 5.41) is 3.00. The molecule has 0 unspecified atom stereocenters. The van der Waals surface area contributed by atoms with E-state index in [1.807, 2.05) is 47.4 Å². The summed E-state index contributed by atoms with van der Waals surface area (Å²) in [4.78, 5) is 16.6. The number of rotatable bonds is 7. The van der Waals surface area contributed by atoms with Crippen LogP contribution in [0.5, 0.6) is 0 Å². The summed E-state index contributed by atoms with van der Waals surface area (Å²) >= 11 is 0. The third kappa shape index (κ3) is 7.13. The topological polar surface area (TPSA) is 35.6 Å². The zero-order valence-electron chi connectivity index (χ0n) is 16.1. The predicted octanol–water partition coefficient (Wildman–Crippen LogP) is 4.10. The number of aryl methyl sites for hydroxylation is 1. The standard InChI is InChI=1S/C22H28FN3O.ClH/c23-21-11-9-19(10-12-21)6-4-5-13-25-14-16-26(17-15-25)22(27)24-18-20-7-2-1-3-8-20;/h1-3,7-12H,4-6,13-18H2,(H,24,27);1H. The van der Waals surface area contributed by atoms with Gasteiger partial charge in [-0.05, 0) is 49.1 Å². The van der Waals surface area contributed by atoms with Crippen LogP contribution >= 0.6 is 12.4 Å². The van der Waals surface area contributed by atoms with E-state index in [-0.39, 0.29) is 24.3 Å². The molecule has 0 saturated carbocycles. The molecule has 3 rings (SSSR count). The number of carbonyl (C=O) groups excluding carboxylic acids is 1. The van der Waals surface area contributed by atoms with Gasteiger partial charge in [-0.3, -0.25) is 4.90 Å². The van der Waals surface area contributed by atoms with Crippen LogP contribution in [0.15, 0.2) is 54.6 Å². The number of unbranched alkanes of at least 4 members (excludes halogenated alkanes) is 1. The van der Waals surface area contributed by atoms with Gasteiger partial charge >= 0.3 is 6.03 Å². The van der Waals surface area contributed by atoms with E-state index >= 15 is 0 Å². The highest BCUT2D eigenvalue weighted by Crippen LogP contribution is 2.09. The van der Waals surface area contributed by atoms with E-state index in [1.165, 1.54) is 17.7 Å². The highest BCUT2D eigenvalue weighted by molar-refractivity contribution is 5.85. The predicted molar refractivity (Wildman–Crippen MR) is 113 cm³/mol. The molecule has 0 radical (unpaired) electrons. The second-order valence-corrected chi connectivity index (χ2v) is 7.06. The number of hydrogen-bond acceptors (Lipinski definition) is 2. The van der Waals surface area contributed by atoms with Gasteiger partial charge in [0.05, 0.1) is 0 Å². The molecule has 1 heterocycles. The smallest absolute Gasteiger partial charge is 0.317 e. The molecule has 0 aliphatic carbocycles. The first-order chi connectivity index (χ1) is 13.2. The van der Waals surface area contributed by atoms with Crippen LogP contribution in [-0.2, 0) is 13.0 Å². The van der Waals surface area contributed by atoms with Crippen molar-refractivity contribution in [3.8, 4) is 0 Å². The van der Waals surface area contributed by atoms with Crippen molar-refractivity contribution in [1.29, 1.82) is 0 Å². The lowest BCUT2D eigenvalue weighted by molar-refractivity contribution is 0.138. The Bertz CT molecular complexity index is 703. The van der Waals surface area contributed by atoms with Gasteiger partial charge < -0.3 is 10.2 Å². The molecule has 4 nitrogen and oxygen atoms in total. The monoisotopic (exact) mass is 405 g/mol. The fourth-order valence-electron chi connectivity index (χ4n) is 3.38. The van der Waals surface area contributed by atoms with Gasteiger partial charge in [0.15, 0.2) is 0 Å². The molecule has 0 spiro atoms. The number of carbonyl (C=O) groups is 1. The number of amides is 2. The number of benzene rings is 2. The van der Waals surface area contributed by atoms with E-state index < -0.39 is 0 Å². The SMILES string of the molecule is Cl.O=C(NCc1ccccc1)N1CCN(CCCCc2ccc(F)cc2)CC1. The van der Waals surface area contributed by atoms with E-state index in [2.05, 4.69) is 10.2 Å². The van der Waals surface area contributed by atoms with Crippen molar-refractivity contribution in [1.82, 2.24) is 15.1 Å². The van der Waals surface area contributed by atoms with Gasteiger partial charge in [0.2, 0.25) is 0 Å². The van der Waals surface area contributed by atoms with E-state index in [0.717, 1.165) is 57.5 Å². The number of piperazine rings is 1. The first-order valence-electron chi connectivity index (χ1n) is 9.74. The number of hydrogen-bond donors (Lipinski definition) is 1. The van der Waals surface area contributed by atoms with Crippen LogP contribution in [0.4, 0.5) is 9.18 Å². The van der Waals surface area contributed by atoms with Crippen LogP contribution in [0.1, 0.15) is 24.0 Å². The molecular formula is C22H29ClFN3O. The van der Waals surface area contributed by atoms with E-state index in [1.54, 1.807) is 0 Å². The van der Waals surface area contributed by atoms with Crippen LogP contribution in [0.25, 0.3) is 0 Å². The van der Waals surface area contributed by atoms with Gasteiger partial charge in [-0.1, -0.05) is 42.5 Å². The van der Waals surface area contributed by atoms with Crippen molar-refractivity contribution in [3.63, 3.8) is 0 Å². The second-order valence-electron chi connectivity index (χ2n) is 7.06. The van der Waals surface area contributed by atoms with Crippen LogP contribution < -0.4 is 5.32 Å². The van der Waals surface area contributed by atoms with Gasteiger partial charge in [-0.15, -0.1) is 12.4 Å². The van der Waals surface area contributed by atoms with Crippen LogP contribution in [0.2, 0.25) is 0 Å². The summed E-state index contributed by atoms with van der Waals surface area (Å²) in [5.74, 6) is -0.176. The quantitative estimate of drug-likeness (QED) is 0.704. The molecule has 0 atom stereocenters. The Morgan fingerprint density at radius 3 is 2.25 bits per heavy atom. The molecule has 2 aromatic carbocycles. The van der Waals surface area contributed by atoms with Crippen LogP contribution in [0.3, 0.4) is 0 Å². The van der Waals surface area contributed by atoms with Crippen molar-refractivity contribution in [3.05, 3.63) is 71.5 Å². The maximum absolute atomic E-state index is 12.9. The average Bonchev–Trinajstić information content (AvgIpc) is 2.72.